The highest BCUT2D eigenvalue weighted by Crippen LogP contribution is 1.98. The van der Waals surface area contributed by atoms with Crippen LogP contribution in [0.5, 0.6) is 0 Å². The van der Waals surface area contributed by atoms with E-state index in [1.54, 1.807) is 0 Å². The molecule has 1 aliphatic heterocycles. The molecule has 0 aromatic rings. The molecule has 1 fully saturated rings. The topological polar surface area (TPSA) is 90.9 Å². The number of carbonyl (C=O) groups excluding carboxylic acids is 3. The van der Waals surface area contributed by atoms with Crippen LogP contribution in [-0.2, 0) is 28.6 Å². The van der Waals surface area contributed by atoms with Gasteiger partial charge in [0.25, 0.3) is 0 Å². The third kappa shape index (κ3) is 14.5. The van der Waals surface area contributed by atoms with Crippen molar-refractivity contribution in [3.05, 3.63) is 0 Å². The summed E-state index contributed by atoms with van der Waals surface area (Å²) < 4.78 is 13.6. The number of rotatable bonds is 7. The van der Waals surface area contributed by atoms with Gasteiger partial charge in [-0.15, -0.1) is 0 Å². The molecule has 7 heteroatoms. The van der Waals surface area contributed by atoms with E-state index in [-0.39, 0.29) is 25.5 Å². The summed E-state index contributed by atoms with van der Waals surface area (Å²) in [6.07, 6.45) is 2.67. The third-order valence-electron chi connectivity index (χ3n) is 2.10. The maximum atomic E-state index is 10.6. The zero-order valence-corrected chi connectivity index (χ0v) is 11.2. The average Bonchev–Trinajstić information content (AvgIpc) is 2.92. The summed E-state index contributed by atoms with van der Waals surface area (Å²) >= 11 is 0. The fraction of sp³-hybridized carbons (Fsp3) is 0.750. The van der Waals surface area contributed by atoms with Gasteiger partial charge in [0.1, 0.15) is 6.61 Å². The second kappa shape index (κ2) is 13.0. The lowest BCUT2D eigenvalue weighted by Gasteiger charge is -2.03. The summed E-state index contributed by atoms with van der Waals surface area (Å²) in [5.41, 5.74) is 0. The number of nitrogens with one attached hydrogen (secondary N) is 1. The molecule has 1 rings (SSSR count). The molecular weight excluding hydrogens is 254 g/mol. The van der Waals surface area contributed by atoms with Crippen LogP contribution in [0.25, 0.3) is 0 Å². The highest BCUT2D eigenvalue weighted by atomic mass is 16.6. The molecule has 0 spiro atoms. The monoisotopic (exact) mass is 275 g/mol. The van der Waals surface area contributed by atoms with Crippen LogP contribution < -0.4 is 5.32 Å². The Morgan fingerprint density at radius 2 is 1.95 bits per heavy atom. The number of hydrogen-bond donors (Lipinski definition) is 1. The van der Waals surface area contributed by atoms with Gasteiger partial charge in [0, 0.05) is 33.2 Å². The van der Waals surface area contributed by atoms with Crippen molar-refractivity contribution in [1.82, 2.24) is 5.32 Å². The Morgan fingerprint density at radius 1 is 1.26 bits per heavy atom. The molecular formula is C12H21NO6. The van der Waals surface area contributed by atoms with Gasteiger partial charge in [0.05, 0.1) is 6.42 Å². The lowest BCUT2D eigenvalue weighted by atomic mass is 10.4. The number of hydrogen-bond acceptors (Lipinski definition) is 7. The first-order valence-electron chi connectivity index (χ1n) is 6.21. The minimum absolute atomic E-state index is 0.0984. The van der Waals surface area contributed by atoms with E-state index in [1.165, 1.54) is 19.8 Å². The number of ether oxygens (including phenoxy) is 3. The predicted molar refractivity (Wildman–Crippen MR) is 66.3 cm³/mol. The molecule has 0 aliphatic carbocycles. The van der Waals surface area contributed by atoms with Crippen molar-refractivity contribution < 1.29 is 28.6 Å². The first kappa shape index (κ1) is 17.5. The molecule has 0 bridgehead atoms. The molecule has 1 aliphatic rings. The lowest BCUT2D eigenvalue weighted by molar-refractivity contribution is -0.151. The van der Waals surface area contributed by atoms with Crippen LogP contribution in [0, 0.1) is 0 Å². The number of esters is 2. The molecule has 0 unspecified atom stereocenters. The van der Waals surface area contributed by atoms with Gasteiger partial charge in [-0.25, -0.2) is 0 Å². The van der Waals surface area contributed by atoms with Gasteiger partial charge in [-0.3, -0.25) is 14.4 Å². The zero-order valence-electron chi connectivity index (χ0n) is 11.2. The van der Waals surface area contributed by atoms with Crippen molar-refractivity contribution in [3.63, 3.8) is 0 Å². The second-order valence-electron chi connectivity index (χ2n) is 3.75. The van der Waals surface area contributed by atoms with Crippen molar-refractivity contribution in [2.45, 2.75) is 26.2 Å². The Bertz CT molecular complexity index is 257. The Kier molecular flexibility index (Phi) is 12.0. The van der Waals surface area contributed by atoms with Gasteiger partial charge >= 0.3 is 18.4 Å². The van der Waals surface area contributed by atoms with E-state index < -0.39 is 5.97 Å². The van der Waals surface area contributed by atoms with Gasteiger partial charge in [0.15, 0.2) is 0 Å². The van der Waals surface area contributed by atoms with Crippen LogP contribution >= 0.6 is 0 Å². The SMILES string of the molecule is C1CCOC1.CC(=O)OCCNCCC(=O)OC=O. The summed E-state index contributed by atoms with van der Waals surface area (Å²) in [5, 5.41) is 2.84. The molecule has 1 heterocycles. The highest BCUT2D eigenvalue weighted by molar-refractivity contribution is 5.76. The summed E-state index contributed by atoms with van der Waals surface area (Å²) in [6, 6.07) is 0. The van der Waals surface area contributed by atoms with Crippen LogP contribution in [0.15, 0.2) is 0 Å². The first-order valence-corrected chi connectivity index (χ1v) is 6.21. The smallest absolute Gasteiger partial charge is 0.314 e. The minimum atomic E-state index is -0.583. The minimum Gasteiger partial charge on any atom is -0.465 e. The van der Waals surface area contributed by atoms with Crippen LogP contribution in [0.3, 0.4) is 0 Å². The zero-order chi connectivity index (χ0) is 14.3. The number of carbonyl (C=O) groups is 3. The van der Waals surface area contributed by atoms with Gasteiger partial charge in [-0.05, 0) is 12.8 Å². The maximum absolute atomic E-state index is 10.6. The molecule has 0 amide bonds. The van der Waals surface area contributed by atoms with Crippen molar-refractivity contribution in [3.8, 4) is 0 Å². The van der Waals surface area contributed by atoms with E-state index in [0.717, 1.165) is 13.2 Å². The standard InChI is InChI=1S/C8H13NO5.C4H8O/c1-7(11)13-5-4-9-3-2-8(12)14-6-10;1-2-4-5-3-1/h6,9H,2-5H2,1H3;1-4H2. The van der Waals surface area contributed by atoms with E-state index >= 15 is 0 Å². The summed E-state index contributed by atoms with van der Waals surface area (Å²) in [6.45, 7) is 4.53. The lowest BCUT2D eigenvalue weighted by Crippen LogP contribution is -2.24. The van der Waals surface area contributed by atoms with Crippen molar-refractivity contribution in [1.29, 1.82) is 0 Å². The van der Waals surface area contributed by atoms with E-state index in [4.69, 9.17) is 4.74 Å². The van der Waals surface area contributed by atoms with Gasteiger partial charge in [0.2, 0.25) is 0 Å². The van der Waals surface area contributed by atoms with E-state index in [1.807, 2.05) is 0 Å². The van der Waals surface area contributed by atoms with Gasteiger partial charge < -0.3 is 19.5 Å². The Morgan fingerprint density at radius 3 is 2.42 bits per heavy atom. The second-order valence-corrected chi connectivity index (χ2v) is 3.75. The molecule has 0 radical (unpaired) electrons. The molecule has 1 saturated heterocycles. The third-order valence-corrected chi connectivity index (χ3v) is 2.10. The fourth-order valence-electron chi connectivity index (χ4n) is 1.21. The molecule has 0 saturated carbocycles. The summed E-state index contributed by atoms with van der Waals surface area (Å²) in [5.74, 6) is -0.924. The van der Waals surface area contributed by atoms with E-state index in [2.05, 4.69) is 14.8 Å². The molecule has 7 nitrogen and oxygen atoms in total. The van der Waals surface area contributed by atoms with Crippen LogP contribution in [0.4, 0.5) is 0 Å². The molecule has 19 heavy (non-hydrogen) atoms. The van der Waals surface area contributed by atoms with Crippen molar-refractivity contribution in [2.75, 3.05) is 32.9 Å². The molecule has 0 aromatic carbocycles. The average molecular weight is 275 g/mol. The van der Waals surface area contributed by atoms with Crippen molar-refractivity contribution in [2.24, 2.45) is 0 Å². The summed E-state index contributed by atoms with van der Waals surface area (Å²) in [4.78, 5) is 30.6. The normalized spacial score (nSPS) is 13.1. The quantitative estimate of drug-likeness (QED) is 0.303. The maximum Gasteiger partial charge on any atom is 0.314 e. The largest absolute Gasteiger partial charge is 0.465 e. The fourth-order valence-corrected chi connectivity index (χ4v) is 1.21. The summed E-state index contributed by atoms with van der Waals surface area (Å²) in [7, 11) is 0. The van der Waals surface area contributed by atoms with E-state index in [9.17, 15) is 14.4 Å². The highest BCUT2D eigenvalue weighted by Gasteiger charge is 2.00. The Hall–Kier alpha value is -1.47. The Labute approximate surface area is 112 Å². The molecule has 0 aromatic heterocycles. The van der Waals surface area contributed by atoms with Crippen LogP contribution in [0.2, 0.25) is 0 Å². The Balaban J connectivity index is 0.000000532. The molecule has 0 atom stereocenters. The first-order chi connectivity index (χ1) is 9.16. The molecule has 1 N–H and O–H groups in total. The van der Waals surface area contributed by atoms with Gasteiger partial charge in [-0.2, -0.15) is 0 Å². The van der Waals surface area contributed by atoms with Crippen molar-refractivity contribution >= 4 is 18.4 Å². The van der Waals surface area contributed by atoms with Crippen LogP contribution in [0.1, 0.15) is 26.2 Å². The van der Waals surface area contributed by atoms with E-state index in [0.29, 0.717) is 13.1 Å². The van der Waals surface area contributed by atoms with Gasteiger partial charge in [-0.1, -0.05) is 0 Å². The molecule has 110 valence electrons. The predicted octanol–water partition coefficient (Wildman–Crippen LogP) is 0.0256. The van der Waals surface area contributed by atoms with Crippen LogP contribution in [-0.4, -0.2) is 51.3 Å².